The first-order chi connectivity index (χ1) is 8.81. The molecule has 0 saturated carbocycles. The van der Waals surface area contributed by atoms with Crippen LogP contribution in [0.15, 0.2) is 12.3 Å². The molecular formula is C12H14ClN3O3. The van der Waals surface area contributed by atoms with E-state index in [1.807, 2.05) is 0 Å². The van der Waals surface area contributed by atoms with Gasteiger partial charge in [0.25, 0.3) is 0 Å². The monoisotopic (exact) mass is 283 g/mol. The minimum atomic E-state index is -0.598. The van der Waals surface area contributed by atoms with Crippen LogP contribution in [0.3, 0.4) is 0 Å². The van der Waals surface area contributed by atoms with Crippen molar-refractivity contribution in [1.29, 1.82) is 0 Å². The van der Waals surface area contributed by atoms with Crippen LogP contribution in [-0.4, -0.2) is 33.6 Å². The normalized spacial score (nSPS) is 11.6. The number of halogens is 1. The highest BCUT2D eigenvalue weighted by atomic mass is 35.5. The van der Waals surface area contributed by atoms with E-state index in [9.17, 15) is 4.79 Å². The Labute approximate surface area is 115 Å². The number of fused-ring (bicyclic) bond motifs is 1. The standard InChI is InChI=1S/C12H14ClN3O3/c1-12(2,3)19-11(17)16-8-5-9(18-4)10(13)15-7(8)6-14-16/h5-6H,1-4H3. The van der Waals surface area contributed by atoms with Gasteiger partial charge in [-0.1, -0.05) is 11.6 Å². The van der Waals surface area contributed by atoms with Gasteiger partial charge in [0, 0.05) is 6.07 Å². The molecule has 7 heteroatoms. The smallest absolute Gasteiger partial charge is 0.435 e. The molecule has 19 heavy (non-hydrogen) atoms. The maximum atomic E-state index is 12.0. The molecule has 0 N–H and O–H groups in total. The lowest BCUT2D eigenvalue weighted by molar-refractivity contribution is 0.0522. The van der Waals surface area contributed by atoms with Crippen molar-refractivity contribution in [1.82, 2.24) is 14.8 Å². The van der Waals surface area contributed by atoms with E-state index in [2.05, 4.69) is 10.1 Å². The number of nitrogens with zero attached hydrogens (tertiary/aromatic N) is 3. The zero-order valence-electron chi connectivity index (χ0n) is 11.1. The number of ether oxygens (including phenoxy) is 2. The molecule has 102 valence electrons. The minimum Gasteiger partial charge on any atom is -0.493 e. The number of hydrogen-bond donors (Lipinski definition) is 0. The van der Waals surface area contributed by atoms with Crippen molar-refractivity contribution < 1.29 is 14.3 Å². The molecule has 6 nitrogen and oxygen atoms in total. The average Bonchev–Trinajstić information content (AvgIpc) is 2.68. The summed E-state index contributed by atoms with van der Waals surface area (Å²) in [5.74, 6) is 0.375. The summed E-state index contributed by atoms with van der Waals surface area (Å²) in [7, 11) is 1.48. The first-order valence-electron chi connectivity index (χ1n) is 5.63. The molecule has 0 bridgehead atoms. The van der Waals surface area contributed by atoms with Crippen molar-refractivity contribution in [2.75, 3.05) is 7.11 Å². The van der Waals surface area contributed by atoms with Crippen molar-refractivity contribution in [2.24, 2.45) is 0 Å². The lowest BCUT2D eigenvalue weighted by atomic mass is 10.2. The first kappa shape index (κ1) is 13.6. The Bertz CT molecular complexity index is 631. The quantitative estimate of drug-likeness (QED) is 0.753. The predicted octanol–water partition coefficient (Wildman–Crippen LogP) is 2.88. The molecule has 0 spiro atoms. The zero-order valence-corrected chi connectivity index (χ0v) is 11.9. The molecule has 2 aromatic rings. The molecule has 0 aromatic carbocycles. The summed E-state index contributed by atoms with van der Waals surface area (Å²) in [5.41, 5.74) is 0.381. The van der Waals surface area contributed by atoms with Crippen LogP contribution in [0.2, 0.25) is 5.15 Å². The third-order valence-corrected chi connectivity index (χ3v) is 2.53. The number of carbonyl (C=O) groups is 1. The third-order valence-electron chi connectivity index (χ3n) is 2.26. The van der Waals surface area contributed by atoms with E-state index in [-0.39, 0.29) is 5.15 Å². The van der Waals surface area contributed by atoms with E-state index in [1.165, 1.54) is 13.3 Å². The third kappa shape index (κ3) is 2.78. The SMILES string of the molecule is COc1cc2c(cnn2C(=O)OC(C)(C)C)nc1Cl. The van der Waals surface area contributed by atoms with E-state index < -0.39 is 11.7 Å². The highest BCUT2D eigenvalue weighted by molar-refractivity contribution is 6.31. The van der Waals surface area contributed by atoms with Gasteiger partial charge in [0.05, 0.1) is 13.3 Å². The van der Waals surface area contributed by atoms with Crippen LogP contribution in [0.4, 0.5) is 4.79 Å². The van der Waals surface area contributed by atoms with Crippen LogP contribution in [0, 0.1) is 0 Å². The van der Waals surface area contributed by atoms with Gasteiger partial charge >= 0.3 is 6.09 Å². The molecule has 0 radical (unpaired) electrons. The van der Waals surface area contributed by atoms with Gasteiger partial charge < -0.3 is 9.47 Å². The Morgan fingerprint density at radius 1 is 1.42 bits per heavy atom. The largest absolute Gasteiger partial charge is 0.493 e. The van der Waals surface area contributed by atoms with Gasteiger partial charge in [-0.25, -0.2) is 9.78 Å². The number of hydrogen-bond acceptors (Lipinski definition) is 5. The molecule has 0 amide bonds. The number of methoxy groups -OCH3 is 1. The Morgan fingerprint density at radius 3 is 2.68 bits per heavy atom. The van der Waals surface area contributed by atoms with Crippen LogP contribution in [0.1, 0.15) is 20.8 Å². The van der Waals surface area contributed by atoms with E-state index >= 15 is 0 Å². The maximum absolute atomic E-state index is 12.0. The second-order valence-corrected chi connectivity index (χ2v) is 5.28. The molecule has 2 rings (SSSR count). The summed E-state index contributed by atoms with van der Waals surface area (Å²) in [5, 5.41) is 4.18. The number of pyridine rings is 1. The van der Waals surface area contributed by atoms with Crippen molar-refractivity contribution >= 4 is 28.7 Å². The van der Waals surface area contributed by atoms with Crippen LogP contribution in [-0.2, 0) is 4.74 Å². The van der Waals surface area contributed by atoms with Gasteiger partial charge in [0.2, 0.25) is 0 Å². The zero-order chi connectivity index (χ0) is 14.2. The Morgan fingerprint density at radius 2 is 2.11 bits per heavy atom. The van der Waals surface area contributed by atoms with Crippen molar-refractivity contribution in [2.45, 2.75) is 26.4 Å². The van der Waals surface area contributed by atoms with Gasteiger partial charge in [0.15, 0.2) is 10.9 Å². The van der Waals surface area contributed by atoms with Gasteiger partial charge in [0.1, 0.15) is 16.6 Å². The summed E-state index contributed by atoms with van der Waals surface area (Å²) in [6.45, 7) is 5.35. The molecule has 0 aliphatic heterocycles. The molecule has 0 saturated heterocycles. The lowest BCUT2D eigenvalue weighted by Crippen LogP contribution is -2.27. The Balaban J connectivity index is 2.47. The van der Waals surface area contributed by atoms with Crippen molar-refractivity contribution in [3.8, 4) is 5.75 Å². The van der Waals surface area contributed by atoms with Crippen molar-refractivity contribution in [3.63, 3.8) is 0 Å². The second kappa shape index (κ2) is 4.70. The molecule has 0 aliphatic carbocycles. The summed E-state index contributed by atoms with van der Waals surface area (Å²) >= 11 is 5.91. The van der Waals surface area contributed by atoms with E-state index in [4.69, 9.17) is 21.1 Å². The summed E-state index contributed by atoms with van der Waals surface area (Å²) in [6, 6.07) is 1.60. The van der Waals surface area contributed by atoms with Gasteiger partial charge in [-0.05, 0) is 20.8 Å². The van der Waals surface area contributed by atoms with Crippen LogP contribution >= 0.6 is 11.6 Å². The first-order valence-corrected chi connectivity index (χ1v) is 6.01. The van der Waals surface area contributed by atoms with E-state index in [0.29, 0.717) is 16.8 Å². The van der Waals surface area contributed by atoms with Crippen LogP contribution in [0.5, 0.6) is 5.75 Å². The predicted molar refractivity (Wildman–Crippen MR) is 70.7 cm³/mol. The van der Waals surface area contributed by atoms with Gasteiger partial charge in [-0.3, -0.25) is 0 Å². The van der Waals surface area contributed by atoms with Crippen LogP contribution < -0.4 is 4.74 Å². The molecule has 0 aliphatic rings. The molecule has 0 atom stereocenters. The molecular weight excluding hydrogens is 270 g/mol. The fourth-order valence-electron chi connectivity index (χ4n) is 1.51. The van der Waals surface area contributed by atoms with Gasteiger partial charge in [-0.2, -0.15) is 9.78 Å². The summed E-state index contributed by atoms with van der Waals surface area (Å²) in [4.78, 5) is 16.1. The average molecular weight is 284 g/mol. The number of carbonyl (C=O) groups excluding carboxylic acids is 1. The fourth-order valence-corrected chi connectivity index (χ4v) is 1.73. The topological polar surface area (TPSA) is 66.2 Å². The minimum absolute atomic E-state index is 0.221. The van der Waals surface area contributed by atoms with E-state index in [1.54, 1.807) is 26.8 Å². The molecule has 2 heterocycles. The maximum Gasteiger partial charge on any atom is 0.435 e. The highest BCUT2D eigenvalue weighted by Crippen LogP contribution is 2.26. The Kier molecular flexibility index (Phi) is 3.36. The summed E-state index contributed by atoms with van der Waals surface area (Å²) in [6.07, 6.45) is 0.874. The van der Waals surface area contributed by atoms with Gasteiger partial charge in [-0.15, -0.1) is 0 Å². The second-order valence-electron chi connectivity index (χ2n) is 4.92. The molecule has 0 fully saturated rings. The fraction of sp³-hybridized carbons (Fsp3) is 0.417. The van der Waals surface area contributed by atoms with E-state index in [0.717, 1.165) is 4.68 Å². The van der Waals surface area contributed by atoms with Crippen molar-refractivity contribution in [3.05, 3.63) is 17.4 Å². The molecule has 0 unspecified atom stereocenters. The van der Waals surface area contributed by atoms with Crippen LogP contribution in [0.25, 0.3) is 11.0 Å². The number of rotatable bonds is 1. The molecule has 2 aromatic heterocycles. The number of aromatic nitrogens is 3. The lowest BCUT2D eigenvalue weighted by Gasteiger charge is -2.19. The Hall–Kier alpha value is -1.82. The highest BCUT2D eigenvalue weighted by Gasteiger charge is 2.21. The summed E-state index contributed by atoms with van der Waals surface area (Å²) < 4.78 is 11.5.